The van der Waals surface area contributed by atoms with Crippen LogP contribution in [0, 0.1) is 11.3 Å². The normalized spacial score (nSPS) is 27.5. The van der Waals surface area contributed by atoms with Crippen LogP contribution in [-0.2, 0) is 0 Å². The Balaban J connectivity index is 2.31. The minimum Gasteiger partial charge on any atom is -0.334 e. The van der Waals surface area contributed by atoms with Crippen molar-refractivity contribution in [2.75, 3.05) is 0 Å². The van der Waals surface area contributed by atoms with Crippen LogP contribution >= 0.6 is 0 Å². The largest absolute Gasteiger partial charge is 0.334 e. The quantitative estimate of drug-likeness (QED) is 0.622. The van der Waals surface area contributed by atoms with Crippen molar-refractivity contribution in [2.24, 2.45) is 11.3 Å². The van der Waals surface area contributed by atoms with Crippen LogP contribution in [0.2, 0.25) is 18.1 Å². The smallest absolute Gasteiger partial charge is 0.134 e. The van der Waals surface area contributed by atoms with Crippen LogP contribution in [0.5, 0.6) is 0 Å². The van der Waals surface area contributed by atoms with Gasteiger partial charge in [-0.3, -0.25) is 0 Å². The van der Waals surface area contributed by atoms with E-state index in [0.717, 1.165) is 6.04 Å². The van der Waals surface area contributed by atoms with E-state index in [1.54, 1.807) is 0 Å². The van der Waals surface area contributed by atoms with Crippen LogP contribution in [0.4, 0.5) is 0 Å². The summed E-state index contributed by atoms with van der Waals surface area (Å²) in [5.41, 5.74) is 1.79. The molecule has 0 aromatic rings. The highest BCUT2D eigenvalue weighted by Crippen LogP contribution is 2.58. The van der Waals surface area contributed by atoms with E-state index in [4.69, 9.17) is 0 Å². The first-order valence-corrected chi connectivity index (χ1v) is 12.3. The molecule has 1 N–H and O–H groups in total. The van der Waals surface area contributed by atoms with E-state index in [1.807, 2.05) is 0 Å². The Labute approximate surface area is 139 Å². The lowest BCUT2D eigenvalue weighted by molar-refractivity contribution is 0.335. The molecule has 0 amide bonds. The molecule has 1 fully saturated rings. The molecule has 22 heavy (non-hydrogen) atoms. The lowest BCUT2D eigenvalue weighted by atomic mass is 9.80. The Morgan fingerprint density at radius 3 is 2.18 bits per heavy atom. The molecule has 2 aliphatic carbocycles. The Hall–Kier alpha value is -0.343. The summed E-state index contributed by atoms with van der Waals surface area (Å²) in [4.78, 5) is 4.19. The Kier molecular flexibility index (Phi) is 5.14. The van der Waals surface area contributed by atoms with Gasteiger partial charge < -0.3 is 4.98 Å². The minimum atomic E-state index is -1.64. The van der Waals surface area contributed by atoms with E-state index < -0.39 is 8.24 Å². The summed E-state index contributed by atoms with van der Waals surface area (Å²) >= 11 is 0. The van der Waals surface area contributed by atoms with Crippen molar-refractivity contribution in [1.82, 2.24) is 4.98 Å². The molecule has 0 heterocycles. The van der Waals surface area contributed by atoms with Crippen molar-refractivity contribution < 1.29 is 0 Å². The van der Waals surface area contributed by atoms with Gasteiger partial charge in [-0.05, 0) is 29.7 Å². The van der Waals surface area contributed by atoms with E-state index in [2.05, 4.69) is 70.9 Å². The summed E-state index contributed by atoms with van der Waals surface area (Å²) in [6, 6.07) is 0.750. The Bertz CT molecular complexity index is 447. The molecular formula is C20H37NSi. The van der Waals surface area contributed by atoms with Crippen LogP contribution in [0.25, 0.3) is 0 Å². The topological polar surface area (TPSA) is 12.0 Å². The number of rotatable bonds is 4. The molecule has 0 aliphatic heterocycles. The van der Waals surface area contributed by atoms with E-state index in [-0.39, 0.29) is 10.5 Å². The fraction of sp³-hybridized carbons (Fsp3) is 0.800. The summed E-state index contributed by atoms with van der Waals surface area (Å²) in [6.45, 7) is 17.0. The van der Waals surface area contributed by atoms with E-state index in [1.165, 1.54) is 37.7 Å². The third-order valence-corrected chi connectivity index (χ3v) is 10.3. The van der Waals surface area contributed by atoms with Crippen LogP contribution in [0.1, 0.15) is 66.7 Å². The SMILES string of the molecule is CC(C)C1=CC(C(C)(C)C)([Si](C)(C)NC2CCCCC2)C=C1. The van der Waals surface area contributed by atoms with Crippen LogP contribution in [0.15, 0.2) is 23.8 Å². The van der Waals surface area contributed by atoms with Crippen molar-refractivity contribution in [2.45, 2.75) is 90.9 Å². The molecule has 126 valence electrons. The lowest BCUT2D eigenvalue weighted by Crippen LogP contribution is -2.61. The summed E-state index contributed by atoms with van der Waals surface area (Å²) in [5, 5.41) is 0.219. The van der Waals surface area contributed by atoms with Gasteiger partial charge in [0.05, 0.1) is 0 Å². The highest BCUT2D eigenvalue weighted by Gasteiger charge is 2.53. The first-order chi connectivity index (χ1) is 10.1. The maximum atomic E-state index is 4.19. The molecule has 2 heteroatoms. The zero-order valence-corrected chi connectivity index (χ0v) is 16.9. The van der Waals surface area contributed by atoms with E-state index in [0.29, 0.717) is 5.92 Å². The number of hydrogen-bond donors (Lipinski definition) is 1. The molecule has 1 saturated carbocycles. The van der Waals surface area contributed by atoms with Crippen molar-refractivity contribution in [3.8, 4) is 0 Å². The van der Waals surface area contributed by atoms with Crippen molar-refractivity contribution >= 4 is 8.24 Å². The molecule has 1 unspecified atom stereocenters. The molecule has 0 spiro atoms. The number of hydrogen-bond acceptors (Lipinski definition) is 1. The molecule has 1 nitrogen and oxygen atoms in total. The standard InChI is InChI=1S/C20H37NSi/c1-16(2)17-13-14-20(15-17,19(3,4)5)22(6,7)21-18-11-9-8-10-12-18/h13-16,18,21H,8-12H2,1-7H3. The third kappa shape index (κ3) is 3.28. The molecule has 0 aromatic carbocycles. The van der Waals surface area contributed by atoms with Gasteiger partial charge in [0.1, 0.15) is 8.24 Å². The van der Waals surface area contributed by atoms with E-state index in [9.17, 15) is 0 Å². The van der Waals surface area contributed by atoms with Gasteiger partial charge in [0, 0.05) is 11.1 Å². The fourth-order valence-corrected chi connectivity index (χ4v) is 9.07. The highest BCUT2D eigenvalue weighted by molar-refractivity contribution is 6.79. The summed E-state index contributed by atoms with van der Waals surface area (Å²) in [5.74, 6) is 0.625. The number of allylic oxidation sites excluding steroid dienone is 4. The maximum absolute atomic E-state index is 4.19. The van der Waals surface area contributed by atoms with Gasteiger partial charge in [0.25, 0.3) is 0 Å². The summed E-state index contributed by atoms with van der Waals surface area (Å²) < 4.78 is 0. The highest BCUT2D eigenvalue weighted by atomic mass is 28.3. The molecule has 0 saturated heterocycles. The van der Waals surface area contributed by atoms with Gasteiger partial charge in [-0.1, -0.05) is 85.2 Å². The summed E-state index contributed by atoms with van der Waals surface area (Å²) in [7, 11) is -1.64. The molecular weight excluding hydrogens is 282 g/mol. The second kappa shape index (κ2) is 6.28. The molecule has 0 aromatic heterocycles. The van der Waals surface area contributed by atoms with Crippen LogP contribution in [0.3, 0.4) is 0 Å². The van der Waals surface area contributed by atoms with Gasteiger partial charge >= 0.3 is 0 Å². The Morgan fingerprint density at radius 1 is 1.14 bits per heavy atom. The summed E-state index contributed by atoms with van der Waals surface area (Å²) in [6.07, 6.45) is 14.6. The fourth-order valence-electron chi connectivity index (χ4n) is 4.62. The third-order valence-electron chi connectivity index (χ3n) is 6.05. The van der Waals surface area contributed by atoms with Crippen LogP contribution < -0.4 is 4.98 Å². The maximum Gasteiger partial charge on any atom is 0.134 e. The zero-order valence-electron chi connectivity index (χ0n) is 15.9. The molecule has 2 aliphatic rings. The molecule has 1 atom stereocenters. The predicted molar refractivity (Wildman–Crippen MR) is 102 cm³/mol. The first kappa shape index (κ1) is 18.0. The van der Waals surface area contributed by atoms with Crippen molar-refractivity contribution in [3.63, 3.8) is 0 Å². The number of nitrogens with one attached hydrogen (secondary N) is 1. The molecule has 0 bridgehead atoms. The monoisotopic (exact) mass is 319 g/mol. The van der Waals surface area contributed by atoms with Crippen molar-refractivity contribution in [3.05, 3.63) is 23.8 Å². The van der Waals surface area contributed by atoms with Gasteiger partial charge in [0.15, 0.2) is 0 Å². The van der Waals surface area contributed by atoms with Gasteiger partial charge in [-0.25, -0.2) is 0 Å². The Morgan fingerprint density at radius 2 is 1.73 bits per heavy atom. The minimum absolute atomic E-state index is 0.219. The first-order valence-electron chi connectivity index (χ1n) is 9.29. The van der Waals surface area contributed by atoms with Gasteiger partial charge in [-0.2, -0.15) is 0 Å². The zero-order chi connectivity index (χ0) is 16.6. The van der Waals surface area contributed by atoms with Crippen LogP contribution in [-0.4, -0.2) is 14.3 Å². The van der Waals surface area contributed by atoms with Gasteiger partial charge in [-0.15, -0.1) is 0 Å². The molecule has 0 radical (unpaired) electrons. The average molecular weight is 320 g/mol. The predicted octanol–water partition coefficient (Wildman–Crippen LogP) is 6.05. The lowest BCUT2D eigenvalue weighted by Gasteiger charge is -2.51. The van der Waals surface area contributed by atoms with Crippen molar-refractivity contribution in [1.29, 1.82) is 0 Å². The average Bonchev–Trinajstić information content (AvgIpc) is 2.86. The second-order valence-corrected chi connectivity index (χ2v) is 13.7. The second-order valence-electron chi connectivity index (χ2n) is 9.36. The van der Waals surface area contributed by atoms with Gasteiger partial charge in [0.2, 0.25) is 0 Å². The van der Waals surface area contributed by atoms with E-state index >= 15 is 0 Å². The molecule has 2 rings (SSSR count).